The van der Waals surface area contributed by atoms with E-state index in [9.17, 15) is 14.7 Å². The van der Waals surface area contributed by atoms with Crippen molar-refractivity contribution >= 4 is 11.9 Å². The number of aliphatic carboxylic acids is 2. The Kier molecular flexibility index (Phi) is 4.74. The maximum absolute atomic E-state index is 10.8. The van der Waals surface area contributed by atoms with E-state index in [1.54, 1.807) is 20.8 Å². The summed E-state index contributed by atoms with van der Waals surface area (Å²) < 4.78 is 0. The minimum absolute atomic E-state index is 0.261. The Morgan fingerprint density at radius 2 is 1.73 bits per heavy atom. The molecule has 0 spiro atoms. The SMILES string of the molecule is CC(CC(C)(C)O)[C@@H](CC(=O)O)C(=O)O. The maximum atomic E-state index is 10.8. The average Bonchev–Trinajstić information content (AvgIpc) is 1.95. The first-order chi connectivity index (χ1) is 6.63. The third kappa shape index (κ3) is 6.06. The molecule has 0 saturated heterocycles. The molecule has 0 saturated carbocycles. The van der Waals surface area contributed by atoms with E-state index < -0.39 is 29.9 Å². The Morgan fingerprint density at radius 1 is 1.27 bits per heavy atom. The highest BCUT2D eigenvalue weighted by Crippen LogP contribution is 2.25. The molecule has 0 aromatic carbocycles. The van der Waals surface area contributed by atoms with Gasteiger partial charge in [0.25, 0.3) is 0 Å². The number of carboxylic acids is 2. The van der Waals surface area contributed by atoms with Gasteiger partial charge in [0.15, 0.2) is 0 Å². The number of carboxylic acid groups (broad SMARTS) is 2. The van der Waals surface area contributed by atoms with Crippen LogP contribution >= 0.6 is 0 Å². The van der Waals surface area contributed by atoms with Crippen molar-refractivity contribution < 1.29 is 24.9 Å². The van der Waals surface area contributed by atoms with E-state index in [1.165, 1.54) is 0 Å². The van der Waals surface area contributed by atoms with E-state index >= 15 is 0 Å². The van der Waals surface area contributed by atoms with E-state index in [0.29, 0.717) is 0 Å². The second-order valence-corrected chi connectivity index (χ2v) is 4.54. The van der Waals surface area contributed by atoms with Gasteiger partial charge in [-0.2, -0.15) is 0 Å². The predicted molar refractivity (Wildman–Crippen MR) is 53.5 cm³/mol. The van der Waals surface area contributed by atoms with E-state index in [4.69, 9.17) is 10.2 Å². The van der Waals surface area contributed by atoms with Crippen LogP contribution in [0.1, 0.15) is 33.6 Å². The molecule has 0 fully saturated rings. The van der Waals surface area contributed by atoms with Crippen molar-refractivity contribution in [2.24, 2.45) is 11.8 Å². The van der Waals surface area contributed by atoms with Crippen LogP contribution in [0.15, 0.2) is 0 Å². The van der Waals surface area contributed by atoms with Gasteiger partial charge >= 0.3 is 11.9 Å². The largest absolute Gasteiger partial charge is 0.481 e. The van der Waals surface area contributed by atoms with Crippen molar-refractivity contribution in [1.29, 1.82) is 0 Å². The summed E-state index contributed by atoms with van der Waals surface area (Å²) in [5.41, 5.74) is -0.981. The van der Waals surface area contributed by atoms with Crippen molar-refractivity contribution in [2.45, 2.75) is 39.2 Å². The van der Waals surface area contributed by atoms with Gasteiger partial charge in [-0.05, 0) is 26.2 Å². The summed E-state index contributed by atoms with van der Waals surface area (Å²) in [6.45, 7) is 4.78. The second kappa shape index (κ2) is 5.11. The standard InChI is InChI=1S/C10H18O5/c1-6(5-10(2,3)15)7(9(13)14)4-8(11)12/h6-7,15H,4-5H2,1-3H3,(H,11,12)(H,13,14)/t6?,7-/m1/s1. The average molecular weight is 218 g/mol. The van der Waals surface area contributed by atoms with Crippen LogP contribution in [0, 0.1) is 11.8 Å². The lowest BCUT2D eigenvalue weighted by Gasteiger charge is -2.25. The summed E-state index contributed by atoms with van der Waals surface area (Å²) in [5.74, 6) is -3.59. The highest BCUT2D eigenvalue weighted by atomic mass is 16.4. The van der Waals surface area contributed by atoms with Gasteiger partial charge in [-0.25, -0.2) is 0 Å². The van der Waals surface area contributed by atoms with Gasteiger partial charge in [-0.1, -0.05) is 6.92 Å². The molecule has 0 aliphatic rings. The van der Waals surface area contributed by atoms with Gasteiger partial charge in [0.1, 0.15) is 0 Å². The Morgan fingerprint density at radius 3 is 2.00 bits per heavy atom. The molecule has 1 unspecified atom stereocenters. The Bertz CT molecular complexity index is 241. The fraction of sp³-hybridized carbons (Fsp3) is 0.800. The highest BCUT2D eigenvalue weighted by Gasteiger charge is 2.30. The summed E-state index contributed by atoms with van der Waals surface area (Å²) in [4.78, 5) is 21.3. The van der Waals surface area contributed by atoms with E-state index in [2.05, 4.69) is 0 Å². The van der Waals surface area contributed by atoms with E-state index in [0.717, 1.165) is 0 Å². The molecule has 0 aromatic heterocycles. The smallest absolute Gasteiger partial charge is 0.307 e. The third-order valence-corrected chi connectivity index (χ3v) is 2.22. The van der Waals surface area contributed by atoms with Crippen LogP contribution in [0.25, 0.3) is 0 Å². The number of hydrogen-bond donors (Lipinski definition) is 3. The maximum Gasteiger partial charge on any atom is 0.307 e. The summed E-state index contributed by atoms with van der Waals surface area (Å²) in [6.07, 6.45) is -0.149. The van der Waals surface area contributed by atoms with Crippen LogP contribution in [0.4, 0.5) is 0 Å². The molecule has 0 bridgehead atoms. The van der Waals surface area contributed by atoms with Crippen LogP contribution in [-0.4, -0.2) is 32.9 Å². The minimum atomic E-state index is -1.13. The van der Waals surface area contributed by atoms with Crippen molar-refractivity contribution in [3.8, 4) is 0 Å². The zero-order valence-corrected chi connectivity index (χ0v) is 9.23. The Hall–Kier alpha value is -1.10. The van der Waals surface area contributed by atoms with Crippen LogP contribution in [0.2, 0.25) is 0 Å². The lowest BCUT2D eigenvalue weighted by molar-refractivity contribution is -0.150. The summed E-state index contributed by atoms with van der Waals surface area (Å²) >= 11 is 0. The normalized spacial score (nSPS) is 15.7. The lowest BCUT2D eigenvalue weighted by atomic mass is 9.83. The van der Waals surface area contributed by atoms with E-state index in [-0.39, 0.29) is 12.3 Å². The molecule has 3 N–H and O–H groups in total. The summed E-state index contributed by atoms with van der Waals surface area (Å²) in [7, 11) is 0. The number of hydrogen-bond acceptors (Lipinski definition) is 3. The molecular formula is C10H18O5. The van der Waals surface area contributed by atoms with Crippen molar-refractivity contribution in [2.75, 3.05) is 0 Å². The van der Waals surface area contributed by atoms with Gasteiger partial charge in [0.2, 0.25) is 0 Å². The van der Waals surface area contributed by atoms with Gasteiger partial charge in [0, 0.05) is 0 Å². The lowest BCUT2D eigenvalue weighted by Crippen LogP contribution is -2.31. The molecule has 2 atom stereocenters. The Balaban J connectivity index is 4.49. The molecule has 15 heavy (non-hydrogen) atoms. The van der Waals surface area contributed by atoms with Gasteiger partial charge < -0.3 is 15.3 Å². The molecule has 0 radical (unpaired) electrons. The first kappa shape index (κ1) is 13.9. The molecule has 0 amide bonds. The third-order valence-electron chi connectivity index (χ3n) is 2.22. The van der Waals surface area contributed by atoms with Gasteiger partial charge in [-0.15, -0.1) is 0 Å². The fourth-order valence-electron chi connectivity index (χ4n) is 1.65. The molecule has 0 heterocycles. The zero-order chi connectivity index (χ0) is 12.2. The number of rotatable bonds is 6. The van der Waals surface area contributed by atoms with Gasteiger partial charge in [0.05, 0.1) is 17.9 Å². The first-order valence-electron chi connectivity index (χ1n) is 4.80. The monoisotopic (exact) mass is 218 g/mol. The number of carbonyl (C=O) groups is 2. The molecule has 5 heteroatoms. The minimum Gasteiger partial charge on any atom is -0.481 e. The van der Waals surface area contributed by atoms with Crippen LogP contribution in [-0.2, 0) is 9.59 Å². The van der Waals surface area contributed by atoms with Crippen LogP contribution in [0.3, 0.4) is 0 Å². The van der Waals surface area contributed by atoms with E-state index in [1.807, 2.05) is 0 Å². The predicted octanol–water partition coefficient (Wildman–Crippen LogP) is 0.959. The zero-order valence-electron chi connectivity index (χ0n) is 9.23. The summed E-state index contributed by atoms with van der Waals surface area (Å²) in [5, 5.41) is 26.9. The highest BCUT2D eigenvalue weighted by molar-refractivity contribution is 5.77. The molecule has 0 aromatic rings. The van der Waals surface area contributed by atoms with Crippen molar-refractivity contribution in [3.05, 3.63) is 0 Å². The van der Waals surface area contributed by atoms with Gasteiger partial charge in [-0.3, -0.25) is 9.59 Å². The van der Waals surface area contributed by atoms with Crippen molar-refractivity contribution in [1.82, 2.24) is 0 Å². The molecule has 0 aliphatic carbocycles. The second-order valence-electron chi connectivity index (χ2n) is 4.54. The topological polar surface area (TPSA) is 94.8 Å². The first-order valence-corrected chi connectivity index (χ1v) is 4.80. The van der Waals surface area contributed by atoms with Crippen LogP contribution in [0.5, 0.6) is 0 Å². The Labute approximate surface area is 88.7 Å². The molecule has 0 rings (SSSR count). The molecule has 0 aliphatic heterocycles. The van der Waals surface area contributed by atoms with Crippen LogP contribution < -0.4 is 0 Å². The molecular weight excluding hydrogens is 200 g/mol. The summed E-state index contributed by atoms with van der Waals surface area (Å²) in [6, 6.07) is 0. The number of aliphatic hydroxyl groups is 1. The fourth-order valence-corrected chi connectivity index (χ4v) is 1.65. The van der Waals surface area contributed by atoms with Crippen molar-refractivity contribution in [3.63, 3.8) is 0 Å². The molecule has 88 valence electrons. The molecule has 5 nitrogen and oxygen atoms in total. The quantitative estimate of drug-likeness (QED) is 0.617.